The summed E-state index contributed by atoms with van der Waals surface area (Å²) in [7, 11) is 0. The molecule has 1 fully saturated rings. The van der Waals surface area contributed by atoms with E-state index < -0.39 is 0 Å². The molecule has 5 heteroatoms. The first-order chi connectivity index (χ1) is 7.66. The molecule has 5 nitrogen and oxygen atoms in total. The standard InChI is InChI=1S/C11H19N3O2/c1-11(2)7-9(4-6-15-11)12-5-3-10-13-8-16-14-10/h8-9,12H,3-7H2,1-2H3. The first-order valence-corrected chi connectivity index (χ1v) is 5.78. The van der Waals surface area contributed by atoms with Crippen molar-refractivity contribution in [1.82, 2.24) is 15.5 Å². The molecular weight excluding hydrogens is 206 g/mol. The van der Waals surface area contributed by atoms with Crippen LogP contribution in [0.25, 0.3) is 0 Å². The molecule has 0 radical (unpaired) electrons. The van der Waals surface area contributed by atoms with Gasteiger partial charge in [-0.1, -0.05) is 5.16 Å². The highest BCUT2D eigenvalue weighted by atomic mass is 16.5. The summed E-state index contributed by atoms with van der Waals surface area (Å²) < 4.78 is 10.3. The Kier molecular flexibility index (Phi) is 3.56. The first-order valence-electron chi connectivity index (χ1n) is 5.78. The number of hydrogen-bond acceptors (Lipinski definition) is 5. The van der Waals surface area contributed by atoms with Gasteiger partial charge in [0.1, 0.15) is 0 Å². The third-order valence-electron chi connectivity index (χ3n) is 2.89. The molecule has 1 aliphatic heterocycles. The lowest BCUT2D eigenvalue weighted by Gasteiger charge is -2.35. The molecule has 2 heterocycles. The van der Waals surface area contributed by atoms with Crippen LogP contribution in [-0.2, 0) is 11.2 Å². The summed E-state index contributed by atoms with van der Waals surface area (Å²) >= 11 is 0. The maximum atomic E-state index is 5.67. The number of hydrogen-bond donors (Lipinski definition) is 1. The van der Waals surface area contributed by atoms with Crippen molar-refractivity contribution in [2.45, 2.75) is 44.8 Å². The van der Waals surface area contributed by atoms with E-state index in [0.29, 0.717) is 6.04 Å². The van der Waals surface area contributed by atoms with E-state index in [2.05, 4.69) is 33.8 Å². The molecule has 0 saturated carbocycles. The van der Waals surface area contributed by atoms with Gasteiger partial charge in [0.25, 0.3) is 0 Å². The van der Waals surface area contributed by atoms with Crippen LogP contribution in [0.1, 0.15) is 32.5 Å². The van der Waals surface area contributed by atoms with Crippen LogP contribution in [0.15, 0.2) is 10.9 Å². The lowest BCUT2D eigenvalue weighted by molar-refractivity contribution is -0.0627. The van der Waals surface area contributed by atoms with Gasteiger partial charge in [0.2, 0.25) is 6.39 Å². The molecule has 16 heavy (non-hydrogen) atoms. The van der Waals surface area contributed by atoms with Gasteiger partial charge in [0.15, 0.2) is 5.82 Å². The molecule has 1 aromatic heterocycles. The number of ether oxygens (including phenoxy) is 1. The summed E-state index contributed by atoms with van der Waals surface area (Å²) in [6, 6.07) is 0.538. The molecule has 1 saturated heterocycles. The highest BCUT2D eigenvalue weighted by Crippen LogP contribution is 2.23. The van der Waals surface area contributed by atoms with Crippen molar-refractivity contribution >= 4 is 0 Å². The minimum Gasteiger partial charge on any atom is -0.375 e. The van der Waals surface area contributed by atoms with Crippen molar-refractivity contribution in [1.29, 1.82) is 0 Å². The highest BCUT2D eigenvalue weighted by Gasteiger charge is 2.28. The lowest BCUT2D eigenvalue weighted by Crippen LogP contribution is -2.44. The van der Waals surface area contributed by atoms with Gasteiger partial charge >= 0.3 is 0 Å². The number of nitrogens with zero attached hydrogens (tertiary/aromatic N) is 2. The van der Waals surface area contributed by atoms with Crippen molar-refractivity contribution in [3.05, 3.63) is 12.2 Å². The van der Waals surface area contributed by atoms with Crippen LogP contribution >= 0.6 is 0 Å². The molecule has 1 atom stereocenters. The van der Waals surface area contributed by atoms with Crippen LogP contribution < -0.4 is 5.32 Å². The summed E-state index contributed by atoms with van der Waals surface area (Å²) in [6.07, 6.45) is 4.32. The predicted molar refractivity (Wildman–Crippen MR) is 59.1 cm³/mol. The third kappa shape index (κ3) is 3.28. The van der Waals surface area contributed by atoms with Crippen LogP contribution in [0.5, 0.6) is 0 Å². The Morgan fingerprint density at radius 1 is 1.56 bits per heavy atom. The van der Waals surface area contributed by atoms with E-state index in [9.17, 15) is 0 Å². The summed E-state index contributed by atoms with van der Waals surface area (Å²) in [6.45, 7) is 6.01. The maximum Gasteiger partial charge on any atom is 0.213 e. The summed E-state index contributed by atoms with van der Waals surface area (Å²) in [5.74, 6) is 0.763. The highest BCUT2D eigenvalue weighted by molar-refractivity contribution is 4.85. The van der Waals surface area contributed by atoms with Crippen molar-refractivity contribution < 1.29 is 9.26 Å². The summed E-state index contributed by atoms with van der Waals surface area (Å²) in [5.41, 5.74) is 0.00204. The summed E-state index contributed by atoms with van der Waals surface area (Å²) in [4.78, 5) is 3.99. The fourth-order valence-electron chi connectivity index (χ4n) is 2.10. The van der Waals surface area contributed by atoms with E-state index in [1.807, 2.05) is 0 Å². The Balaban J connectivity index is 1.70. The van der Waals surface area contributed by atoms with Gasteiger partial charge in [-0.3, -0.25) is 0 Å². The zero-order chi connectivity index (χ0) is 11.4. The van der Waals surface area contributed by atoms with Crippen molar-refractivity contribution in [2.75, 3.05) is 13.2 Å². The molecule has 0 spiro atoms. The van der Waals surface area contributed by atoms with E-state index in [4.69, 9.17) is 4.74 Å². The normalized spacial score (nSPS) is 24.5. The topological polar surface area (TPSA) is 60.2 Å². The minimum atomic E-state index is 0.00204. The average Bonchev–Trinajstić information content (AvgIpc) is 2.69. The van der Waals surface area contributed by atoms with Crippen LogP contribution in [0.2, 0.25) is 0 Å². The van der Waals surface area contributed by atoms with Crippen LogP contribution in [0, 0.1) is 0 Å². The molecule has 1 unspecified atom stereocenters. The van der Waals surface area contributed by atoms with Crippen molar-refractivity contribution in [3.63, 3.8) is 0 Å². The SMILES string of the molecule is CC1(C)CC(NCCc2ncon2)CCO1. The minimum absolute atomic E-state index is 0.00204. The molecule has 0 aromatic carbocycles. The average molecular weight is 225 g/mol. The molecular formula is C11H19N3O2. The fourth-order valence-corrected chi connectivity index (χ4v) is 2.10. The largest absolute Gasteiger partial charge is 0.375 e. The van der Waals surface area contributed by atoms with Crippen molar-refractivity contribution in [3.8, 4) is 0 Å². The molecule has 0 amide bonds. The van der Waals surface area contributed by atoms with Gasteiger partial charge in [-0.15, -0.1) is 0 Å². The Bertz CT molecular complexity index is 311. The lowest BCUT2D eigenvalue weighted by atomic mass is 9.94. The van der Waals surface area contributed by atoms with Gasteiger partial charge in [0, 0.05) is 25.6 Å². The van der Waals surface area contributed by atoms with Crippen molar-refractivity contribution in [2.24, 2.45) is 0 Å². The fraction of sp³-hybridized carbons (Fsp3) is 0.818. The Hall–Kier alpha value is -0.940. The molecule has 2 rings (SSSR count). The van der Waals surface area contributed by atoms with Gasteiger partial charge in [-0.25, -0.2) is 0 Å². The van der Waals surface area contributed by atoms with E-state index in [1.54, 1.807) is 0 Å². The molecule has 1 N–H and O–H groups in total. The molecule has 1 aromatic rings. The maximum absolute atomic E-state index is 5.67. The Labute approximate surface area is 95.6 Å². The number of rotatable bonds is 4. The number of nitrogens with one attached hydrogen (secondary N) is 1. The van der Waals surface area contributed by atoms with E-state index in [-0.39, 0.29) is 5.60 Å². The second-order valence-electron chi connectivity index (χ2n) is 4.85. The zero-order valence-electron chi connectivity index (χ0n) is 9.90. The smallest absolute Gasteiger partial charge is 0.213 e. The Morgan fingerprint density at radius 2 is 2.44 bits per heavy atom. The van der Waals surface area contributed by atoms with Gasteiger partial charge < -0.3 is 14.6 Å². The van der Waals surface area contributed by atoms with E-state index >= 15 is 0 Å². The summed E-state index contributed by atoms with van der Waals surface area (Å²) in [5, 5.41) is 7.29. The van der Waals surface area contributed by atoms with E-state index in [0.717, 1.165) is 38.2 Å². The second kappa shape index (κ2) is 4.93. The van der Waals surface area contributed by atoms with Crippen LogP contribution in [-0.4, -0.2) is 34.9 Å². The third-order valence-corrected chi connectivity index (χ3v) is 2.89. The van der Waals surface area contributed by atoms with Gasteiger partial charge in [-0.05, 0) is 26.7 Å². The number of aromatic nitrogens is 2. The first kappa shape index (κ1) is 11.5. The monoisotopic (exact) mass is 225 g/mol. The van der Waals surface area contributed by atoms with Gasteiger partial charge in [-0.2, -0.15) is 4.98 Å². The molecule has 0 aliphatic carbocycles. The zero-order valence-corrected chi connectivity index (χ0v) is 9.90. The second-order valence-corrected chi connectivity index (χ2v) is 4.85. The molecule has 90 valence electrons. The Morgan fingerprint density at radius 3 is 3.12 bits per heavy atom. The molecule has 0 bridgehead atoms. The molecule has 1 aliphatic rings. The van der Waals surface area contributed by atoms with Crippen LogP contribution in [0.3, 0.4) is 0 Å². The van der Waals surface area contributed by atoms with E-state index in [1.165, 1.54) is 6.39 Å². The van der Waals surface area contributed by atoms with Gasteiger partial charge in [0.05, 0.1) is 5.60 Å². The quantitative estimate of drug-likeness (QED) is 0.833. The predicted octanol–water partition coefficient (Wildman–Crippen LogP) is 1.16. The van der Waals surface area contributed by atoms with Crippen LogP contribution in [0.4, 0.5) is 0 Å².